The van der Waals surface area contributed by atoms with Gasteiger partial charge in [0, 0.05) is 52.8 Å². The van der Waals surface area contributed by atoms with Gasteiger partial charge in [-0.25, -0.2) is 0 Å². The van der Waals surface area contributed by atoms with Crippen LogP contribution in [-0.2, 0) is 0 Å². The average molecular weight is 856 g/mol. The van der Waals surface area contributed by atoms with Crippen LogP contribution in [0, 0.1) is 166 Å². The van der Waals surface area contributed by atoms with Crippen LogP contribution < -0.4 is 0 Å². The number of aromatic amines is 1. The standard InChI is InChI=1S/C20H25N.C20H24O.C20H24S/c3*1-9-11(3)15(7)19-17(13(9)5)18-14(6)10(2)12(4)16(8)20(18)21-19/h21H,1-8H3;2*1-8H3. The number of hydrogen-bond acceptors (Lipinski definition) is 2. The molecule has 3 heterocycles. The molecule has 0 fully saturated rings. The minimum atomic E-state index is 1.07. The molecule has 0 atom stereocenters. The maximum atomic E-state index is 6.35. The molecule has 0 aliphatic carbocycles. The van der Waals surface area contributed by atoms with E-state index in [1.807, 2.05) is 11.3 Å². The first-order chi connectivity index (χ1) is 29.3. The highest BCUT2D eigenvalue weighted by atomic mass is 32.1. The Labute approximate surface area is 382 Å². The van der Waals surface area contributed by atoms with E-state index in [2.05, 4.69) is 171 Å². The number of nitrogens with one attached hydrogen (secondary N) is 1. The van der Waals surface area contributed by atoms with Crippen LogP contribution in [0.1, 0.15) is 134 Å². The monoisotopic (exact) mass is 856 g/mol. The molecule has 0 aliphatic heterocycles. The highest BCUT2D eigenvalue weighted by molar-refractivity contribution is 7.26. The number of aromatic nitrogens is 1. The van der Waals surface area contributed by atoms with E-state index in [-0.39, 0.29) is 0 Å². The van der Waals surface area contributed by atoms with E-state index in [9.17, 15) is 0 Å². The molecular formula is C60H73NOS. The Morgan fingerprint density at radius 1 is 0.222 bits per heavy atom. The second-order valence-corrected chi connectivity index (χ2v) is 20.7. The van der Waals surface area contributed by atoms with Gasteiger partial charge >= 0.3 is 0 Å². The third kappa shape index (κ3) is 6.53. The van der Waals surface area contributed by atoms with Crippen LogP contribution in [0.4, 0.5) is 0 Å². The molecule has 0 amide bonds. The molecule has 0 spiro atoms. The first kappa shape index (κ1) is 46.1. The molecule has 0 radical (unpaired) electrons. The van der Waals surface area contributed by atoms with Crippen molar-refractivity contribution < 1.29 is 4.42 Å². The Bertz CT molecular complexity index is 2870. The Balaban J connectivity index is 0.000000142. The van der Waals surface area contributed by atoms with E-state index in [0.29, 0.717) is 0 Å². The molecule has 3 heteroatoms. The summed E-state index contributed by atoms with van der Waals surface area (Å²) in [7, 11) is 0. The van der Waals surface area contributed by atoms with Gasteiger partial charge in [0.2, 0.25) is 0 Å². The molecular weight excluding hydrogens is 783 g/mol. The summed E-state index contributed by atoms with van der Waals surface area (Å²) in [5.41, 5.74) is 38.5. The topological polar surface area (TPSA) is 28.9 Å². The number of thiophene rings is 1. The summed E-state index contributed by atoms with van der Waals surface area (Å²) in [6, 6.07) is 0. The van der Waals surface area contributed by atoms with Crippen molar-refractivity contribution >= 4 is 75.3 Å². The molecule has 0 bridgehead atoms. The van der Waals surface area contributed by atoms with Gasteiger partial charge < -0.3 is 9.40 Å². The normalized spacial score (nSPS) is 11.8. The minimum absolute atomic E-state index is 1.07. The van der Waals surface area contributed by atoms with Gasteiger partial charge in [-0.05, 0) is 300 Å². The summed E-state index contributed by atoms with van der Waals surface area (Å²) in [6.45, 7) is 53.8. The van der Waals surface area contributed by atoms with E-state index >= 15 is 0 Å². The van der Waals surface area contributed by atoms with Crippen molar-refractivity contribution in [3.05, 3.63) is 134 Å². The van der Waals surface area contributed by atoms with Crippen molar-refractivity contribution in [1.82, 2.24) is 4.98 Å². The lowest BCUT2D eigenvalue weighted by atomic mass is 9.90. The largest absolute Gasteiger partial charge is 0.455 e. The van der Waals surface area contributed by atoms with Crippen LogP contribution in [0.5, 0.6) is 0 Å². The second-order valence-electron chi connectivity index (χ2n) is 19.6. The average Bonchev–Trinajstić information content (AvgIpc) is 4.00. The number of benzene rings is 6. The lowest BCUT2D eigenvalue weighted by molar-refractivity contribution is 0.661. The zero-order valence-electron chi connectivity index (χ0n) is 43.3. The summed E-state index contributed by atoms with van der Waals surface area (Å²) in [4.78, 5) is 3.73. The predicted molar refractivity (Wildman–Crippen MR) is 283 cm³/mol. The van der Waals surface area contributed by atoms with E-state index in [4.69, 9.17) is 4.42 Å². The highest BCUT2D eigenvalue weighted by Gasteiger charge is 2.23. The molecule has 6 aromatic carbocycles. The summed E-state index contributed by atoms with van der Waals surface area (Å²) >= 11 is 1.99. The molecule has 9 aromatic rings. The van der Waals surface area contributed by atoms with Crippen molar-refractivity contribution in [3.8, 4) is 0 Å². The van der Waals surface area contributed by atoms with Crippen molar-refractivity contribution in [1.29, 1.82) is 0 Å². The maximum Gasteiger partial charge on any atom is 0.138 e. The molecule has 2 nitrogen and oxygen atoms in total. The van der Waals surface area contributed by atoms with Gasteiger partial charge in [0.25, 0.3) is 0 Å². The van der Waals surface area contributed by atoms with E-state index in [0.717, 1.165) is 11.2 Å². The minimum Gasteiger partial charge on any atom is -0.455 e. The van der Waals surface area contributed by atoms with Crippen LogP contribution in [0.25, 0.3) is 63.9 Å². The smallest absolute Gasteiger partial charge is 0.138 e. The second kappa shape index (κ2) is 16.0. The van der Waals surface area contributed by atoms with Crippen LogP contribution in [-0.4, -0.2) is 4.98 Å². The molecule has 0 unspecified atom stereocenters. The van der Waals surface area contributed by atoms with Crippen molar-refractivity contribution in [3.63, 3.8) is 0 Å². The lowest BCUT2D eigenvalue weighted by Crippen LogP contribution is -1.94. The fourth-order valence-corrected chi connectivity index (χ4v) is 12.2. The Morgan fingerprint density at radius 3 is 0.746 bits per heavy atom. The fourth-order valence-electron chi connectivity index (χ4n) is 10.7. The molecule has 1 N–H and O–H groups in total. The number of fused-ring (bicyclic) bond motifs is 9. The maximum absolute atomic E-state index is 6.35. The Morgan fingerprint density at radius 2 is 0.444 bits per heavy atom. The van der Waals surface area contributed by atoms with Crippen molar-refractivity contribution in [2.45, 2.75) is 166 Å². The first-order valence-corrected chi connectivity index (χ1v) is 23.9. The van der Waals surface area contributed by atoms with Crippen molar-refractivity contribution in [2.75, 3.05) is 0 Å². The van der Waals surface area contributed by atoms with Gasteiger partial charge in [0.05, 0.1) is 0 Å². The van der Waals surface area contributed by atoms with E-state index < -0.39 is 0 Å². The number of rotatable bonds is 0. The number of furan rings is 1. The van der Waals surface area contributed by atoms with Crippen LogP contribution >= 0.6 is 11.3 Å². The summed E-state index contributed by atoms with van der Waals surface area (Å²) in [5.74, 6) is 0. The number of aryl methyl sites for hydroxylation is 12. The van der Waals surface area contributed by atoms with Gasteiger partial charge in [-0.1, -0.05) is 0 Å². The Kier molecular flexibility index (Phi) is 11.7. The van der Waals surface area contributed by atoms with Crippen LogP contribution in [0.3, 0.4) is 0 Å². The molecule has 3 aromatic heterocycles. The molecule has 0 aliphatic rings. The molecule has 330 valence electrons. The third-order valence-electron chi connectivity index (χ3n) is 17.3. The fraction of sp³-hybridized carbons (Fsp3) is 0.400. The van der Waals surface area contributed by atoms with Gasteiger partial charge in [0.15, 0.2) is 0 Å². The van der Waals surface area contributed by atoms with Gasteiger partial charge in [-0.3, -0.25) is 0 Å². The van der Waals surface area contributed by atoms with E-state index in [1.54, 1.807) is 0 Å². The van der Waals surface area contributed by atoms with Crippen molar-refractivity contribution in [2.24, 2.45) is 0 Å². The van der Waals surface area contributed by atoms with Gasteiger partial charge in [-0.2, -0.15) is 0 Å². The van der Waals surface area contributed by atoms with E-state index in [1.165, 1.54) is 186 Å². The third-order valence-corrected chi connectivity index (χ3v) is 18.7. The van der Waals surface area contributed by atoms with Crippen LogP contribution in [0.2, 0.25) is 0 Å². The molecule has 63 heavy (non-hydrogen) atoms. The summed E-state index contributed by atoms with van der Waals surface area (Å²) in [6.07, 6.45) is 0. The molecule has 0 saturated heterocycles. The summed E-state index contributed by atoms with van der Waals surface area (Å²) < 4.78 is 9.32. The first-order valence-electron chi connectivity index (χ1n) is 23.1. The SMILES string of the molecule is Cc1c(C)c(C)c2c([nH]c3c(C)c(C)c(C)c(C)c32)c1C.Cc1c(C)c(C)c2c(oc3c(C)c(C)c(C)c(C)c32)c1C.Cc1c(C)c(C)c2c(sc3c(C)c(C)c(C)c(C)c32)c1C. The zero-order chi connectivity index (χ0) is 46.9. The lowest BCUT2D eigenvalue weighted by Gasteiger charge is -2.13. The summed E-state index contributed by atoms with van der Waals surface area (Å²) in [5, 5.41) is 8.48. The quantitative estimate of drug-likeness (QED) is 0.162. The highest BCUT2D eigenvalue weighted by Crippen LogP contribution is 2.46. The molecule has 9 rings (SSSR count). The van der Waals surface area contributed by atoms with Gasteiger partial charge in [-0.15, -0.1) is 11.3 Å². The Hall–Kier alpha value is -4.86. The van der Waals surface area contributed by atoms with Crippen LogP contribution in [0.15, 0.2) is 4.42 Å². The predicted octanol–water partition coefficient (Wildman–Crippen LogP) is 18.4. The zero-order valence-corrected chi connectivity index (χ0v) is 44.1. The van der Waals surface area contributed by atoms with Gasteiger partial charge in [0.1, 0.15) is 11.2 Å². The molecule has 0 saturated carbocycles. The number of hydrogen-bond donors (Lipinski definition) is 1. The number of H-pyrrole nitrogens is 1.